The van der Waals surface area contributed by atoms with Gasteiger partial charge in [-0.2, -0.15) is 0 Å². The number of carbonyl (C=O) groups is 1. The highest BCUT2D eigenvalue weighted by Crippen LogP contribution is 2.17. The van der Waals surface area contributed by atoms with E-state index < -0.39 is 11.6 Å². The molecule has 0 bridgehead atoms. The van der Waals surface area contributed by atoms with Crippen LogP contribution in [0.2, 0.25) is 0 Å². The Morgan fingerprint density at radius 1 is 1.60 bits per heavy atom. The monoisotopic (exact) mass is 214 g/mol. The fourth-order valence-electron chi connectivity index (χ4n) is 1.62. The lowest BCUT2D eigenvalue weighted by atomic mass is 9.89. The Morgan fingerprint density at radius 3 is 2.80 bits per heavy atom. The second-order valence-corrected chi connectivity index (χ2v) is 3.70. The fourth-order valence-corrected chi connectivity index (χ4v) is 1.62. The molecule has 5 heteroatoms. The van der Waals surface area contributed by atoms with Crippen LogP contribution in [-0.2, 0) is 4.74 Å². The minimum absolute atomic E-state index is 0.0577. The third-order valence-electron chi connectivity index (χ3n) is 2.56. The molecule has 1 amide bonds. The summed E-state index contributed by atoms with van der Waals surface area (Å²) in [4.78, 5) is 11.3. The molecule has 0 unspecified atom stereocenters. The zero-order chi connectivity index (χ0) is 11.1. The number of ether oxygens (including phenoxy) is 1. The van der Waals surface area contributed by atoms with Crippen LogP contribution in [0.5, 0.6) is 0 Å². The van der Waals surface area contributed by atoms with Gasteiger partial charge in [0.15, 0.2) is 0 Å². The summed E-state index contributed by atoms with van der Waals surface area (Å²) < 4.78 is 4.82. The predicted molar refractivity (Wildman–Crippen MR) is 56.6 cm³/mol. The first-order valence-corrected chi connectivity index (χ1v) is 5.10. The SMILES string of the molecule is C=CCOC(=O)NC1(CO)CCNCC1. The van der Waals surface area contributed by atoms with Gasteiger partial charge in [0.25, 0.3) is 0 Å². The highest BCUT2D eigenvalue weighted by Gasteiger charge is 2.33. The number of carbonyl (C=O) groups excluding carboxylic acids is 1. The smallest absolute Gasteiger partial charge is 0.407 e. The minimum atomic E-state index is -0.524. The molecule has 15 heavy (non-hydrogen) atoms. The maximum Gasteiger partial charge on any atom is 0.407 e. The standard InChI is InChI=1S/C10H18N2O3/c1-2-7-15-9(14)12-10(8-13)3-5-11-6-4-10/h2,11,13H,1,3-8H2,(H,12,14). The molecule has 0 spiro atoms. The number of hydrogen-bond acceptors (Lipinski definition) is 4. The van der Waals surface area contributed by atoms with Crippen molar-refractivity contribution in [3.05, 3.63) is 12.7 Å². The molecule has 0 saturated carbocycles. The zero-order valence-corrected chi connectivity index (χ0v) is 8.79. The zero-order valence-electron chi connectivity index (χ0n) is 8.79. The van der Waals surface area contributed by atoms with Crippen molar-refractivity contribution in [2.45, 2.75) is 18.4 Å². The summed E-state index contributed by atoms with van der Waals surface area (Å²) in [5.41, 5.74) is -0.524. The average molecular weight is 214 g/mol. The molecule has 0 radical (unpaired) electrons. The number of piperidine rings is 1. The first kappa shape index (κ1) is 12.0. The van der Waals surface area contributed by atoms with Crippen molar-refractivity contribution in [1.29, 1.82) is 0 Å². The van der Waals surface area contributed by atoms with Gasteiger partial charge in [-0.1, -0.05) is 12.7 Å². The lowest BCUT2D eigenvalue weighted by Crippen LogP contribution is -2.56. The molecule has 0 aromatic carbocycles. The molecule has 1 aliphatic rings. The van der Waals surface area contributed by atoms with Gasteiger partial charge in [-0.3, -0.25) is 0 Å². The number of aliphatic hydroxyl groups is 1. The van der Waals surface area contributed by atoms with E-state index in [0.717, 1.165) is 13.1 Å². The number of nitrogens with one attached hydrogen (secondary N) is 2. The van der Waals surface area contributed by atoms with Crippen molar-refractivity contribution in [1.82, 2.24) is 10.6 Å². The number of hydrogen-bond donors (Lipinski definition) is 3. The highest BCUT2D eigenvalue weighted by atomic mass is 16.5. The lowest BCUT2D eigenvalue weighted by molar-refractivity contribution is 0.101. The Balaban J connectivity index is 2.43. The first-order valence-electron chi connectivity index (χ1n) is 5.10. The third-order valence-corrected chi connectivity index (χ3v) is 2.56. The Morgan fingerprint density at radius 2 is 2.27 bits per heavy atom. The highest BCUT2D eigenvalue weighted by molar-refractivity contribution is 5.68. The van der Waals surface area contributed by atoms with Gasteiger partial charge in [-0.25, -0.2) is 4.79 Å². The normalized spacial score (nSPS) is 19.3. The van der Waals surface area contributed by atoms with E-state index in [1.165, 1.54) is 6.08 Å². The van der Waals surface area contributed by atoms with Crippen LogP contribution in [0.1, 0.15) is 12.8 Å². The van der Waals surface area contributed by atoms with Crippen LogP contribution in [0.3, 0.4) is 0 Å². The predicted octanol–water partition coefficient (Wildman–Crippen LogP) is 0.0131. The Bertz CT molecular complexity index is 225. The summed E-state index contributed by atoms with van der Waals surface area (Å²) >= 11 is 0. The summed E-state index contributed by atoms with van der Waals surface area (Å²) in [5.74, 6) is 0. The molecule has 1 fully saturated rings. The lowest BCUT2D eigenvalue weighted by Gasteiger charge is -2.36. The van der Waals surface area contributed by atoms with Crippen molar-refractivity contribution < 1.29 is 14.6 Å². The Kier molecular flexibility index (Phi) is 4.58. The van der Waals surface area contributed by atoms with Gasteiger partial charge in [-0.15, -0.1) is 0 Å². The molecule has 0 aromatic heterocycles. The van der Waals surface area contributed by atoms with E-state index in [9.17, 15) is 9.90 Å². The van der Waals surface area contributed by atoms with Crippen LogP contribution in [-0.4, -0.2) is 43.0 Å². The number of aliphatic hydroxyl groups excluding tert-OH is 1. The number of amides is 1. The van der Waals surface area contributed by atoms with E-state index in [0.29, 0.717) is 12.8 Å². The van der Waals surface area contributed by atoms with Crippen molar-refractivity contribution in [3.8, 4) is 0 Å². The summed E-state index contributed by atoms with van der Waals surface area (Å²) in [5, 5.41) is 15.2. The molecule has 1 rings (SSSR count). The van der Waals surface area contributed by atoms with Crippen molar-refractivity contribution in [3.63, 3.8) is 0 Å². The summed E-state index contributed by atoms with van der Waals surface area (Å²) in [6.07, 6.45) is 2.44. The Hall–Kier alpha value is -1.07. The van der Waals surface area contributed by atoms with Gasteiger partial charge in [0.2, 0.25) is 0 Å². The second-order valence-electron chi connectivity index (χ2n) is 3.70. The van der Waals surface area contributed by atoms with Gasteiger partial charge in [0.1, 0.15) is 6.61 Å². The van der Waals surface area contributed by atoms with Crippen LogP contribution in [0.4, 0.5) is 4.79 Å². The third kappa shape index (κ3) is 3.53. The van der Waals surface area contributed by atoms with Gasteiger partial charge in [0, 0.05) is 0 Å². The summed E-state index contributed by atoms with van der Waals surface area (Å²) in [6.45, 7) is 5.17. The van der Waals surface area contributed by atoms with Crippen molar-refractivity contribution in [2.24, 2.45) is 0 Å². The van der Waals surface area contributed by atoms with Crippen molar-refractivity contribution >= 4 is 6.09 Å². The van der Waals surface area contributed by atoms with Crippen LogP contribution in [0.25, 0.3) is 0 Å². The average Bonchev–Trinajstić information content (AvgIpc) is 2.27. The second kappa shape index (κ2) is 5.72. The van der Waals surface area contributed by atoms with Gasteiger partial charge in [0.05, 0.1) is 12.1 Å². The maximum atomic E-state index is 11.3. The van der Waals surface area contributed by atoms with E-state index in [1.54, 1.807) is 0 Å². The molecule has 86 valence electrons. The number of alkyl carbamates (subject to hydrolysis) is 1. The molecular formula is C10H18N2O3. The van der Waals surface area contributed by atoms with Gasteiger partial charge in [-0.05, 0) is 25.9 Å². The molecule has 0 atom stereocenters. The van der Waals surface area contributed by atoms with Crippen LogP contribution in [0.15, 0.2) is 12.7 Å². The largest absolute Gasteiger partial charge is 0.445 e. The quantitative estimate of drug-likeness (QED) is 0.577. The molecule has 3 N–H and O–H groups in total. The first-order chi connectivity index (χ1) is 7.22. The van der Waals surface area contributed by atoms with Gasteiger partial charge >= 0.3 is 6.09 Å². The van der Waals surface area contributed by atoms with Crippen LogP contribution in [0, 0.1) is 0 Å². The minimum Gasteiger partial charge on any atom is -0.445 e. The van der Waals surface area contributed by atoms with Gasteiger partial charge < -0.3 is 20.5 Å². The fraction of sp³-hybridized carbons (Fsp3) is 0.700. The van der Waals surface area contributed by atoms with Crippen LogP contribution < -0.4 is 10.6 Å². The molecule has 0 aliphatic carbocycles. The van der Waals surface area contributed by atoms with E-state index in [4.69, 9.17) is 4.74 Å². The van der Waals surface area contributed by atoms with Crippen LogP contribution >= 0.6 is 0 Å². The molecule has 1 saturated heterocycles. The molecular weight excluding hydrogens is 196 g/mol. The topological polar surface area (TPSA) is 70.6 Å². The Labute approximate surface area is 89.5 Å². The maximum absolute atomic E-state index is 11.3. The molecule has 5 nitrogen and oxygen atoms in total. The summed E-state index contributed by atoms with van der Waals surface area (Å²) in [7, 11) is 0. The van der Waals surface area contributed by atoms with Crippen molar-refractivity contribution in [2.75, 3.05) is 26.3 Å². The van der Waals surface area contributed by atoms with E-state index in [2.05, 4.69) is 17.2 Å². The van der Waals surface area contributed by atoms with E-state index in [1.807, 2.05) is 0 Å². The molecule has 1 heterocycles. The molecule has 1 aliphatic heterocycles. The molecule has 0 aromatic rings. The van der Waals surface area contributed by atoms with E-state index in [-0.39, 0.29) is 13.2 Å². The number of rotatable bonds is 4. The summed E-state index contributed by atoms with van der Waals surface area (Å²) in [6, 6.07) is 0. The van der Waals surface area contributed by atoms with E-state index >= 15 is 0 Å².